The van der Waals surface area contributed by atoms with Gasteiger partial charge in [0.25, 0.3) is 0 Å². The van der Waals surface area contributed by atoms with E-state index in [1.54, 1.807) is 7.11 Å². The lowest BCUT2D eigenvalue weighted by molar-refractivity contribution is -0.130. The Bertz CT molecular complexity index is 1020. The molecule has 3 aliphatic rings. The number of nitrogens with one attached hydrogen (secondary N) is 3. The maximum Gasteiger partial charge on any atom is 0.228 e. The Morgan fingerprint density at radius 2 is 1.68 bits per heavy atom. The molecule has 3 N–H and O–H groups in total. The fraction of sp³-hybridized carbons (Fsp3) is 0.536. The number of fused-ring (bicyclic) bond motifs is 1. The van der Waals surface area contributed by atoms with Crippen LogP contribution in [0.3, 0.4) is 0 Å². The van der Waals surface area contributed by atoms with Crippen LogP contribution in [0.4, 0.5) is 11.4 Å². The summed E-state index contributed by atoms with van der Waals surface area (Å²) < 4.78 is 5.49. The minimum atomic E-state index is -0.777. The molecule has 2 aliphatic carbocycles. The molecule has 2 unspecified atom stereocenters. The lowest BCUT2D eigenvalue weighted by Crippen LogP contribution is -2.56. The van der Waals surface area contributed by atoms with E-state index in [4.69, 9.17) is 16.3 Å². The summed E-state index contributed by atoms with van der Waals surface area (Å²) in [4.78, 5) is 14.2. The van der Waals surface area contributed by atoms with Gasteiger partial charge in [0.1, 0.15) is 11.4 Å². The Balaban J connectivity index is 1.57. The van der Waals surface area contributed by atoms with Gasteiger partial charge in [0.2, 0.25) is 5.91 Å². The Morgan fingerprint density at radius 1 is 0.971 bits per heavy atom. The van der Waals surface area contributed by atoms with Crippen LogP contribution in [-0.2, 0) is 10.5 Å². The van der Waals surface area contributed by atoms with Crippen LogP contribution in [-0.4, -0.2) is 19.1 Å². The smallest absolute Gasteiger partial charge is 0.228 e. The molecular formula is C28H36ClN3O2. The fourth-order valence-corrected chi connectivity index (χ4v) is 6.49. The molecule has 2 aromatic carbocycles. The Labute approximate surface area is 208 Å². The van der Waals surface area contributed by atoms with Crippen LogP contribution in [0.15, 0.2) is 42.5 Å². The van der Waals surface area contributed by atoms with Crippen LogP contribution in [0, 0.1) is 11.8 Å². The fourth-order valence-electron chi connectivity index (χ4n) is 6.30. The molecule has 0 bridgehead atoms. The third-order valence-electron chi connectivity index (χ3n) is 7.99. The van der Waals surface area contributed by atoms with E-state index in [1.165, 1.54) is 38.5 Å². The zero-order valence-electron chi connectivity index (χ0n) is 20.0. The van der Waals surface area contributed by atoms with Crippen molar-refractivity contribution in [2.75, 3.05) is 17.7 Å². The maximum absolute atomic E-state index is 14.2. The van der Waals surface area contributed by atoms with E-state index < -0.39 is 5.66 Å². The minimum Gasteiger partial charge on any atom is -0.497 e. The Kier molecular flexibility index (Phi) is 6.91. The van der Waals surface area contributed by atoms with Gasteiger partial charge in [0, 0.05) is 17.1 Å². The second-order valence-corrected chi connectivity index (χ2v) is 10.6. The van der Waals surface area contributed by atoms with Crippen LogP contribution in [0.2, 0.25) is 5.02 Å². The van der Waals surface area contributed by atoms with Gasteiger partial charge in [0.15, 0.2) is 0 Å². The summed E-state index contributed by atoms with van der Waals surface area (Å²) in [5.74, 6) is 0.952. The molecule has 5 nitrogen and oxygen atoms in total. The van der Waals surface area contributed by atoms with Crippen LogP contribution < -0.4 is 20.7 Å². The number of methoxy groups -OCH3 is 1. The van der Waals surface area contributed by atoms with Crippen molar-refractivity contribution >= 4 is 28.9 Å². The predicted molar refractivity (Wildman–Crippen MR) is 138 cm³/mol. The van der Waals surface area contributed by atoms with Crippen LogP contribution >= 0.6 is 11.6 Å². The number of hydrogen-bond acceptors (Lipinski definition) is 4. The third-order valence-corrected chi connectivity index (χ3v) is 8.23. The van der Waals surface area contributed by atoms with Gasteiger partial charge >= 0.3 is 0 Å². The summed E-state index contributed by atoms with van der Waals surface area (Å²) in [6, 6.07) is 14.2. The van der Waals surface area contributed by atoms with Gasteiger partial charge in [-0.25, -0.2) is 0 Å². The monoisotopic (exact) mass is 481 g/mol. The molecule has 2 aromatic rings. The molecule has 0 aromatic heterocycles. The number of carbonyl (C=O) groups excluding carboxylic acids is 1. The van der Waals surface area contributed by atoms with Crippen molar-refractivity contribution in [3.8, 4) is 5.75 Å². The van der Waals surface area contributed by atoms with Crippen LogP contribution in [0.1, 0.15) is 69.8 Å². The number of ether oxygens (including phenoxy) is 1. The molecule has 6 heteroatoms. The second-order valence-electron chi connectivity index (χ2n) is 10.2. The lowest BCUT2D eigenvalue weighted by Gasteiger charge is -2.44. The molecule has 0 radical (unpaired) electrons. The van der Waals surface area contributed by atoms with Crippen molar-refractivity contribution in [3.05, 3.63) is 53.1 Å². The quantitative estimate of drug-likeness (QED) is 0.430. The van der Waals surface area contributed by atoms with Gasteiger partial charge in [-0.3, -0.25) is 4.79 Å². The van der Waals surface area contributed by atoms with Gasteiger partial charge < -0.3 is 20.7 Å². The van der Waals surface area contributed by atoms with Gasteiger partial charge in [0.05, 0.1) is 24.4 Å². The normalized spacial score (nSPS) is 23.9. The highest BCUT2D eigenvalue weighted by molar-refractivity contribution is 6.30. The van der Waals surface area contributed by atoms with E-state index in [1.807, 2.05) is 36.4 Å². The third kappa shape index (κ3) is 4.59. The van der Waals surface area contributed by atoms with E-state index in [-0.39, 0.29) is 23.8 Å². The van der Waals surface area contributed by atoms with Crippen LogP contribution in [0.5, 0.6) is 5.75 Å². The van der Waals surface area contributed by atoms with E-state index in [9.17, 15) is 4.79 Å². The first kappa shape index (κ1) is 23.3. The summed E-state index contributed by atoms with van der Waals surface area (Å²) in [6.07, 6.45) is 11.5. The van der Waals surface area contributed by atoms with Gasteiger partial charge in [-0.2, -0.15) is 0 Å². The summed E-state index contributed by atoms with van der Waals surface area (Å²) in [5.41, 5.74) is 2.14. The molecule has 5 rings (SSSR count). The Morgan fingerprint density at radius 3 is 2.38 bits per heavy atom. The van der Waals surface area contributed by atoms with Crippen molar-refractivity contribution in [2.45, 2.75) is 75.9 Å². The van der Waals surface area contributed by atoms with Crippen molar-refractivity contribution in [2.24, 2.45) is 11.8 Å². The molecule has 0 spiro atoms. The van der Waals surface area contributed by atoms with E-state index in [0.29, 0.717) is 5.02 Å². The molecule has 2 fully saturated rings. The highest BCUT2D eigenvalue weighted by Crippen LogP contribution is 2.50. The van der Waals surface area contributed by atoms with E-state index in [0.717, 1.165) is 48.4 Å². The minimum absolute atomic E-state index is 0.151. The van der Waals surface area contributed by atoms with Gasteiger partial charge in [-0.05, 0) is 61.4 Å². The number of benzene rings is 2. The summed E-state index contributed by atoms with van der Waals surface area (Å²) in [7, 11) is 1.68. The van der Waals surface area contributed by atoms with Gasteiger partial charge in [-0.15, -0.1) is 0 Å². The standard InChI is InChI=1S/C28H36ClN3O2/c1-34-23-15-16-24-25(18-23)32-28(31-24,20-11-8-12-21(29)17-20)26(19-9-4-2-5-10-19)27(33)30-22-13-6-3-7-14-22/h8,11-12,15-19,22,26,31-32H,2-7,9-10,13-14H2,1H3,(H,30,33). The first-order valence-electron chi connectivity index (χ1n) is 12.9. The maximum atomic E-state index is 14.2. The number of halogens is 1. The lowest BCUT2D eigenvalue weighted by atomic mass is 9.71. The molecule has 1 aliphatic heterocycles. The summed E-state index contributed by atoms with van der Waals surface area (Å²) in [5, 5.41) is 11.7. The Hall–Kier alpha value is -2.40. The molecule has 1 heterocycles. The van der Waals surface area contributed by atoms with E-state index in [2.05, 4.69) is 22.0 Å². The van der Waals surface area contributed by atoms with E-state index >= 15 is 0 Å². The highest BCUT2D eigenvalue weighted by Gasteiger charge is 2.52. The average molecular weight is 482 g/mol. The first-order valence-corrected chi connectivity index (χ1v) is 13.3. The second kappa shape index (κ2) is 10.1. The van der Waals surface area contributed by atoms with Crippen molar-refractivity contribution in [1.29, 1.82) is 0 Å². The zero-order chi connectivity index (χ0) is 23.5. The molecular weight excluding hydrogens is 446 g/mol. The van der Waals surface area contributed by atoms with Crippen LogP contribution in [0.25, 0.3) is 0 Å². The van der Waals surface area contributed by atoms with Crippen molar-refractivity contribution in [1.82, 2.24) is 5.32 Å². The predicted octanol–water partition coefficient (Wildman–Crippen LogP) is 6.68. The highest BCUT2D eigenvalue weighted by atomic mass is 35.5. The first-order chi connectivity index (χ1) is 16.6. The number of carbonyl (C=O) groups is 1. The molecule has 2 atom stereocenters. The topological polar surface area (TPSA) is 62.4 Å². The molecule has 182 valence electrons. The van der Waals surface area contributed by atoms with Gasteiger partial charge in [-0.1, -0.05) is 62.3 Å². The van der Waals surface area contributed by atoms with Crippen molar-refractivity contribution < 1.29 is 9.53 Å². The SMILES string of the molecule is COc1ccc2c(c1)NC(c1cccc(Cl)c1)(C(C(=O)NC1CCCCC1)C1CCCCC1)N2. The number of amides is 1. The zero-order valence-corrected chi connectivity index (χ0v) is 20.8. The van der Waals surface area contributed by atoms with Crippen molar-refractivity contribution in [3.63, 3.8) is 0 Å². The summed E-state index contributed by atoms with van der Waals surface area (Å²) >= 11 is 6.49. The number of anilines is 2. The summed E-state index contributed by atoms with van der Waals surface area (Å²) in [6.45, 7) is 0. The largest absolute Gasteiger partial charge is 0.497 e. The molecule has 1 amide bonds. The number of hydrogen-bond donors (Lipinski definition) is 3. The molecule has 34 heavy (non-hydrogen) atoms. The molecule has 0 saturated heterocycles. The average Bonchev–Trinajstić information content (AvgIpc) is 3.24. The number of rotatable bonds is 6. The molecule has 2 saturated carbocycles.